The van der Waals surface area contributed by atoms with E-state index in [1.165, 1.54) is 12.1 Å². The number of ketones is 1. The van der Waals surface area contributed by atoms with E-state index in [4.69, 9.17) is 16.3 Å². The smallest absolute Gasteiger partial charge is 0.258 e. The number of aromatic nitrogens is 1. The standard InChI is InChI=1S/C22H22ClFN2O3/c1-13-3-5-16(14(2)25-13)19(27)8-21-10-22(11-21,12-21)26-20(28)9-29-15-4-6-17(23)18(24)7-15/h3-7H,8-12H2,1-2H3,(H,26,28). The summed E-state index contributed by atoms with van der Waals surface area (Å²) < 4.78 is 18.7. The van der Waals surface area contributed by atoms with E-state index in [9.17, 15) is 14.0 Å². The van der Waals surface area contributed by atoms with Crippen LogP contribution in [-0.4, -0.2) is 28.8 Å². The Morgan fingerprint density at radius 1 is 1.21 bits per heavy atom. The Morgan fingerprint density at radius 3 is 2.59 bits per heavy atom. The van der Waals surface area contributed by atoms with Crippen molar-refractivity contribution >= 4 is 23.3 Å². The molecule has 1 aromatic carbocycles. The number of pyridine rings is 1. The Bertz CT molecular complexity index is 988. The summed E-state index contributed by atoms with van der Waals surface area (Å²) in [6.45, 7) is 3.57. The summed E-state index contributed by atoms with van der Waals surface area (Å²) in [5.74, 6) is -0.473. The summed E-state index contributed by atoms with van der Waals surface area (Å²) in [5, 5.41) is 3.01. The van der Waals surface area contributed by atoms with Crippen LogP contribution >= 0.6 is 11.6 Å². The summed E-state index contributed by atoms with van der Waals surface area (Å²) in [6.07, 6.45) is 2.87. The number of amides is 1. The first-order chi connectivity index (χ1) is 13.7. The number of halogens is 2. The van der Waals surface area contributed by atoms with Crippen molar-refractivity contribution in [2.75, 3.05) is 6.61 Å². The largest absolute Gasteiger partial charge is 0.484 e. The molecule has 1 aromatic heterocycles. The van der Waals surface area contributed by atoms with E-state index in [0.29, 0.717) is 12.0 Å². The van der Waals surface area contributed by atoms with E-state index in [1.807, 2.05) is 26.0 Å². The van der Waals surface area contributed by atoms with E-state index in [-0.39, 0.29) is 40.0 Å². The Balaban J connectivity index is 1.26. The fourth-order valence-corrected chi connectivity index (χ4v) is 4.90. The highest BCUT2D eigenvalue weighted by molar-refractivity contribution is 6.30. The molecule has 3 fully saturated rings. The second-order valence-electron chi connectivity index (χ2n) is 8.41. The Morgan fingerprint density at radius 2 is 1.93 bits per heavy atom. The van der Waals surface area contributed by atoms with Gasteiger partial charge >= 0.3 is 0 Å². The predicted molar refractivity (Wildman–Crippen MR) is 107 cm³/mol. The van der Waals surface area contributed by atoms with Gasteiger partial charge in [0.15, 0.2) is 12.4 Å². The average Bonchev–Trinajstić information content (AvgIpc) is 2.59. The van der Waals surface area contributed by atoms with Crippen molar-refractivity contribution in [2.45, 2.75) is 45.1 Å². The van der Waals surface area contributed by atoms with Gasteiger partial charge in [0.1, 0.15) is 11.6 Å². The quantitative estimate of drug-likeness (QED) is 0.687. The number of hydrogen-bond donors (Lipinski definition) is 1. The van der Waals surface area contributed by atoms with Crippen LogP contribution in [0.4, 0.5) is 4.39 Å². The lowest BCUT2D eigenvalue weighted by Gasteiger charge is -2.70. The van der Waals surface area contributed by atoms with Gasteiger partial charge in [-0.05, 0) is 62.8 Å². The third-order valence-corrected chi connectivity index (χ3v) is 6.17. The van der Waals surface area contributed by atoms with Gasteiger partial charge in [-0.3, -0.25) is 14.6 Å². The van der Waals surface area contributed by atoms with Crippen molar-refractivity contribution in [3.8, 4) is 5.75 Å². The maximum absolute atomic E-state index is 13.4. The highest BCUT2D eigenvalue weighted by atomic mass is 35.5. The molecule has 152 valence electrons. The molecule has 0 radical (unpaired) electrons. The van der Waals surface area contributed by atoms with Gasteiger partial charge in [-0.25, -0.2) is 4.39 Å². The lowest BCUT2D eigenvalue weighted by Crippen LogP contribution is -2.75. The lowest BCUT2D eigenvalue weighted by atomic mass is 9.38. The minimum absolute atomic E-state index is 0.00660. The Kier molecular flexibility index (Phi) is 4.85. The SMILES string of the molecule is Cc1ccc(C(=O)CC23CC(NC(=O)COc4ccc(Cl)c(F)c4)(C2)C3)c(C)n1. The van der Waals surface area contributed by atoms with Gasteiger partial charge in [-0.1, -0.05) is 11.6 Å². The maximum atomic E-state index is 13.4. The fraction of sp³-hybridized carbons (Fsp3) is 0.409. The molecule has 1 amide bonds. The second-order valence-corrected chi connectivity index (χ2v) is 8.82. The van der Waals surface area contributed by atoms with E-state index in [0.717, 1.165) is 36.7 Å². The Hall–Kier alpha value is -2.47. The van der Waals surface area contributed by atoms with Crippen LogP contribution in [0.2, 0.25) is 5.02 Å². The summed E-state index contributed by atoms with van der Waals surface area (Å²) >= 11 is 5.63. The van der Waals surface area contributed by atoms with Crippen molar-refractivity contribution in [3.05, 3.63) is 58.1 Å². The van der Waals surface area contributed by atoms with Crippen molar-refractivity contribution in [3.63, 3.8) is 0 Å². The molecule has 2 aromatic rings. The van der Waals surface area contributed by atoms with Crippen LogP contribution in [0, 0.1) is 25.1 Å². The molecule has 0 saturated heterocycles. The topological polar surface area (TPSA) is 68.3 Å². The molecule has 5 nitrogen and oxygen atoms in total. The molecule has 1 heterocycles. The van der Waals surface area contributed by atoms with Gasteiger partial charge in [-0.15, -0.1) is 0 Å². The van der Waals surface area contributed by atoms with Gasteiger partial charge in [0.25, 0.3) is 5.91 Å². The third-order valence-electron chi connectivity index (χ3n) is 5.87. The number of rotatable bonds is 7. The third kappa shape index (κ3) is 3.86. The monoisotopic (exact) mass is 416 g/mol. The number of nitrogens with one attached hydrogen (secondary N) is 1. The first-order valence-corrected chi connectivity index (χ1v) is 9.93. The van der Waals surface area contributed by atoms with Crippen molar-refractivity contribution in [2.24, 2.45) is 5.41 Å². The number of nitrogens with zero attached hydrogens (tertiary/aromatic N) is 1. The van der Waals surface area contributed by atoms with Crippen LogP contribution in [0.15, 0.2) is 30.3 Å². The zero-order valence-electron chi connectivity index (χ0n) is 16.4. The maximum Gasteiger partial charge on any atom is 0.258 e. The molecule has 0 unspecified atom stereocenters. The van der Waals surface area contributed by atoms with Crippen LogP contribution in [0.1, 0.15) is 47.4 Å². The molecule has 0 atom stereocenters. The van der Waals surface area contributed by atoms with Gasteiger partial charge in [0.05, 0.1) is 5.02 Å². The molecule has 29 heavy (non-hydrogen) atoms. The van der Waals surface area contributed by atoms with E-state index >= 15 is 0 Å². The zero-order valence-corrected chi connectivity index (χ0v) is 17.1. The first-order valence-electron chi connectivity index (χ1n) is 9.56. The number of ether oxygens (including phenoxy) is 1. The van der Waals surface area contributed by atoms with Crippen LogP contribution in [-0.2, 0) is 4.79 Å². The number of hydrogen-bond acceptors (Lipinski definition) is 4. The van der Waals surface area contributed by atoms with Crippen LogP contribution in [0.5, 0.6) is 5.75 Å². The highest BCUT2D eigenvalue weighted by Crippen LogP contribution is 2.69. The summed E-state index contributed by atoms with van der Waals surface area (Å²) in [7, 11) is 0. The summed E-state index contributed by atoms with van der Waals surface area (Å²) in [6, 6.07) is 7.76. The zero-order chi connectivity index (χ0) is 20.8. The van der Waals surface area contributed by atoms with Gasteiger partial charge in [-0.2, -0.15) is 0 Å². The molecule has 5 rings (SSSR count). The van der Waals surface area contributed by atoms with E-state index in [2.05, 4.69) is 10.3 Å². The molecule has 0 aliphatic heterocycles. The van der Waals surface area contributed by atoms with Crippen LogP contribution in [0.25, 0.3) is 0 Å². The normalized spacial score (nSPS) is 24.3. The number of carbonyl (C=O) groups excluding carboxylic acids is 2. The van der Waals surface area contributed by atoms with E-state index < -0.39 is 5.82 Å². The summed E-state index contributed by atoms with van der Waals surface area (Å²) in [5.41, 5.74) is 2.10. The number of Topliss-reactive ketones (excluding diaryl/α,β-unsaturated/α-hetero) is 1. The van der Waals surface area contributed by atoms with E-state index in [1.54, 1.807) is 0 Å². The second kappa shape index (κ2) is 7.10. The van der Waals surface area contributed by atoms with Crippen molar-refractivity contribution in [1.82, 2.24) is 10.3 Å². The van der Waals surface area contributed by atoms with Gasteiger partial charge in [0, 0.05) is 35.0 Å². The van der Waals surface area contributed by atoms with Crippen LogP contribution < -0.4 is 10.1 Å². The minimum Gasteiger partial charge on any atom is -0.484 e. The molecule has 3 aliphatic rings. The molecule has 3 saturated carbocycles. The highest BCUT2D eigenvalue weighted by Gasteiger charge is 2.68. The van der Waals surface area contributed by atoms with Gasteiger partial charge < -0.3 is 10.1 Å². The van der Waals surface area contributed by atoms with Crippen molar-refractivity contribution < 1.29 is 18.7 Å². The van der Waals surface area contributed by atoms with Crippen molar-refractivity contribution in [1.29, 1.82) is 0 Å². The number of carbonyl (C=O) groups is 2. The summed E-state index contributed by atoms with van der Waals surface area (Å²) in [4.78, 5) is 29.2. The molecule has 1 N–H and O–H groups in total. The average molecular weight is 417 g/mol. The molecular weight excluding hydrogens is 395 g/mol. The minimum atomic E-state index is -0.588. The Labute approximate surface area is 173 Å². The van der Waals surface area contributed by atoms with Crippen LogP contribution in [0.3, 0.4) is 0 Å². The molecular formula is C22H22ClFN2O3. The molecule has 7 heteroatoms. The first kappa shape index (κ1) is 19.8. The number of aryl methyl sites for hydroxylation is 2. The van der Waals surface area contributed by atoms with Gasteiger partial charge in [0.2, 0.25) is 0 Å². The predicted octanol–water partition coefficient (Wildman–Crippen LogP) is 4.18. The molecule has 0 spiro atoms. The number of benzene rings is 1. The molecule has 2 bridgehead atoms. The molecule has 3 aliphatic carbocycles. The lowest BCUT2D eigenvalue weighted by molar-refractivity contribution is -0.164. The fourth-order valence-electron chi connectivity index (χ4n) is 4.78.